The van der Waals surface area contributed by atoms with Crippen LogP contribution < -0.4 is 0 Å². The zero-order valence-corrected chi connectivity index (χ0v) is 13.9. The molecule has 2 rings (SSSR count). The first-order valence-corrected chi connectivity index (χ1v) is 7.41. The van der Waals surface area contributed by atoms with Gasteiger partial charge < -0.3 is 36.3 Å². The SMILES string of the molecule is O=C([N-]CCC[N-]C(=O)C1CCCC[N-]1)C1=CC=CC[N-]1.[Cu].[OH3+]. The number of piperidine rings is 1. The molecule has 0 aromatic rings. The van der Waals surface area contributed by atoms with Gasteiger partial charge in [-0.05, 0) is 0 Å². The molecule has 8 heteroatoms. The molecule has 0 saturated carbocycles. The van der Waals surface area contributed by atoms with E-state index in [0.29, 0.717) is 31.8 Å². The van der Waals surface area contributed by atoms with Gasteiger partial charge in [-0.1, -0.05) is 43.9 Å². The fraction of sp³-hybridized carbons (Fsp3) is 0.600. The van der Waals surface area contributed by atoms with Crippen LogP contribution in [0.3, 0.4) is 0 Å². The molecular formula is C15H23CuN4O3-3. The van der Waals surface area contributed by atoms with E-state index in [1.54, 1.807) is 12.2 Å². The van der Waals surface area contributed by atoms with Crippen molar-refractivity contribution in [1.82, 2.24) is 0 Å². The number of allylic oxidation sites excluding steroid dienone is 2. The third-order valence-corrected chi connectivity index (χ3v) is 3.34. The van der Waals surface area contributed by atoms with Crippen LogP contribution in [-0.4, -0.2) is 44.0 Å². The summed E-state index contributed by atoms with van der Waals surface area (Å²) in [4.78, 5) is 23.4. The summed E-state index contributed by atoms with van der Waals surface area (Å²) in [5, 5.41) is 16.3. The standard InChI is InChI=1S/C15H22N4O2.Cu.H2O/c20-14(12-6-1-3-8-16-12)18-10-5-11-19-15(21)13-7-2-4-9-17-13;;/h1,3,6,13H,2,4-5,7-11H2,(H2,18,19,20,21);;1H2/q-2;;/p-1. The molecule has 23 heavy (non-hydrogen) atoms. The Hall–Kier alpha value is -1.34. The number of amides is 2. The van der Waals surface area contributed by atoms with Crippen molar-refractivity contribution in [3.63, 3.8) is 0 Å². The van der Waals surface area contributed by atoms with E-state index in [0.717, 1.165) is 25.8 Å². The van der Waals surface area contributed by atoms with E-state index < -0.39 is 0 Å². The molecule has 1 fully saturated rings. The van der Waals surface area contributed by atoms with Crippen LogP contribution in [0.2, 0.25) is 0 Å². The molecule has 3 N–H and O–H groups in total. The second-order valence-electron chi connectivity index (χ2n) is 5.00. The molecule has 2 amide bonds. The van der Waals surface area contributed by atoms with Gasteiger partial charge >= 0.3 is 0 Å². The van der Waals surface area contributed by atoms with Crippen LogP contribution in [0.1, 0.15) is 25.7 Å². The van der Waals surface area contributed by atoms with E-state index in [1.807, 2.05) is 6.08 Å². The number of hydrogen-bond donors (Lipinski definition) is 0. The van der Waals surface area contributed by atoms with Crippen molar-refractivity contribution in [3.8, 4) is 0 Å². The number of hydrogen-bond acceptors (Lipinski definition) is 2. The number of carbonyl (C=O) groups is 2. The summed E-state index contributed by atoms with van der Waals surface area (Å²) in [6, 6.07) is -0.240. The molecule has 135 valence electrons. The Labute approximate surface area is 147 Å². The molecule has 0 aliphatic carbocycles. The van der Waals surface area contributed by atoms with Gasteiger partial charge in [-0.2, -0.15) is 0 Å². The van der Waals surface area contributed by atoms with Crippen molar-refractivity contribution in [2.75, 3.05) is 26.2 Å². The van der Waals surface area contributed by atoms with Gasteiger partial charge in [0.15, 0.2) is 0 Å². The molecule has 2 aliphatic rings. The number of nitrogens with zero attached hydrogens (tertiary/aromatic N) is 4. The Bertz CT molecular complexity index is 434. The quantitative estimate of drug-likeness (QED) is 0.403. The van der Waals surface area contributed by atoms with Crippen LogP contribution in [0, 0.1) is 0 Å². The minimum atomic E-state index is -0.298. The average Bonchev–Trinajstić information content (AvgIpc) is 2.55. The molecule has 0 aromatic heterocycles. The molecule has 2 aliphatic heterocycles. The predicted octanol–water partition coefficient (Wildman–Crippen LogP) is 2.01. The fourth-order valence-corrected chi connectivity index (χ4v) is 2.18. The summed E-state index contributed by atoms with van der Waals surface area (Å²) >= 11 is 0. The topological polar surface area (TPSA) is 124 Å². The number of rotatable bonds is 6. The van der Waals surface area contributed by atoms with Crippen molar-refractivity contribution in [2.45, 2.75) is 31.7 Å². The molecule has 0 spiro atoms. The monoisotopic (exact) mass is 370 g/mol. The van der Waals surface area contributed by atoms with Crippen LogP contribution in [0.15, 0.2) is 23.9 Å². The maximum absolute atomic E-state index is 11.8. The van der Waals surface area contributed by atoms with E-state index in [-0.39, 0.29) is 40.4 Å². The smallest absolute Gasteiger partial charge is 0.0595 e. The van der Waals surface area contributed by atoms with E-state index in [4.69, 9.17) is 0 Å². The Kier molecular flexibility index (Phi) is 11.4. The molecular weight excluding hydrogens is 348 g/mol. The summed E-state index contributed by atoms with van der Waals surface area (Å²) in [6.45, 7) is 2.07. The average molecular weight is 371 g/mol. The summed E-state index contributed by atoms with van der Waals surface area (Å²) in [5.74, 6) is -0.427. The summed E-state index contributed by atoms with van der Waals surface area (Å²) in [5.41, 5.74) is 0.395. The Morgan fingerprint density at radius 2 is 2.00 bits per heavy atom. The van der Waals surface area contributed by atoms with Crippen molar-refractivity contribution < 1.29 is 32.1 Å². The number of carbonyl (C=O) groups excluding carboxylic acids is 2. The molecule has 1 unspecified atom stereocenters. The molecule has 1 saturated heterocycles. The van der Waals surface area contributed by atoms with Crippen LogP contribution in [0.25, 0.3) is 21.3 Å². The Balaban J connectivity index is 0.00000242. The first kappa shape index (κ1) is 21.7. The molecule has 0 aromatic carbocycles. The minimum Gasteiger partial charge on any atom is -0.680 e. The predicted molar refractivity (Wildman–Crippen MR) is 87.3 cm³/mol. The van der Waals surface area contributed by atoms with E-state index in [2.05, 4.69) is 21.3 Å². The second kappa shape index (κ2) is 12.1. The van der Waals surface area contributed by atoms with Gasteiger partial charge in [-0.15, -0.1) is 38.0 Å². The van der Waals surface area contributed by atoms with Gasteiger partial charge in [-0.25, -0.2) is 0 Å². The van der Waals surface area contributed by atoms with Crippen molar-refractivity contribution in [3.05, 3.63) is 45.2 Å². The Morgan fingerprint density at radius 1 is 1.22 bits per heavy atom. The van der Waals surface area contributed by atoms with E-state index in [9.17, 15) is 9.59 Å². The first-order valence-electron chi connectivity index (χ1n) is 7.41. The normalized spacial score (nSPS) is 19.3. The zero-order valence-electron chi connectivity index (χ0n) is 13.0. The maximum atomic E-state index is 11.8. The third kappa shape index (κ3) is 7.65. The minimum absolute atomic E-state index is 0. The van der Waals surface area contributed by atoms with Gasteiger partial charge in [-0.3, -0.25) is 0 Å². The van der Waals surface area contributed by atoms with Gasteiger partial charge in [0.05, 0.1) is 5.91 Å². The largest absolute Gasteiger partial charge is 0.680 e. The fourth-order valence-electron chi connectivity index (χ4n) is 2.18. The van der Waals surface area contributed by atoms with E-state index >= 15 is 0 Å². The molecule has 1 atom stereocenters. The van der Waals surface area contributed by atoms with E-state index in [1.165, 1.54) is 0 Å². The maximum Gasteiger partial charge on any atom is 0.0595 e. The molecule has 7 nitrogen and oxygen atoms in total. The molecule has 1 radical (unpaired) electrons. The van der Waals surface area contributed by atoms with Gasteiger partial charge in [0.1, 0.15) is 0 Å². The van der Waals surface area contributed by atoms with Gasteiger partial charge in [0, 0.05) is 23.0 Å². The van der Waals surface area contributed by atoms with Crippen molar-refractivity contribution >= 4 is 11.8 Å². The summed E-state index contributed by atoms with van der Waals surface area (Å²) < 4.78 is 0. The van der Waals surface area contributed by atoms with Crippen molar-refractivity contribution in [2.24, 2.45) is 0 Å². The second-order valence-corrected chi connectivity index (χ2v) is 5.00. The van der Waals surface area contributed by atoms with Crippen molar-refractivity contribution in [1.29, 1.82) is 0 Å². The zero-order chi connectivity index (χ0) is 14.9. The van der Waals surface area contributed by atoms with Gasteiger partial charge in [0.2, 0.25) is 0 Å². The van der Waals surface area contributed by atoms with Crippen LogP contribution in [-0.2, 0) is 32.1 Å². The third-order valence-electron chi connectivity index (χ3n) is 3.34. The van der Waals surface area contributed by atoms with Gasteiger partial charge in [0.25, 0.3) is 0 Å². The van der Waals surface area contributed by atoms with Crippen LogP contribution in [0.4, 0.5) is 0 Å². The molecule has 2 heterocycles. The summed E-state index contributed by atoms with van der Waals surface area (Å²) in [6.07, 6.45) is 8.86. The first-order chi connectivity index (χ1) is 10.3. The summed E-state index contributed by atoms with van der Waals surface area (Å²) in [7, 11) is 0. The van der Waals surface area contributed by atoms with Crippen LogP contribution in [0.5, 0.6) is 0 Å². The Morgan fingerprint density at radius 3 is 2.65 bits per heavy atom. The van der Waals surface area contributed by atoms with Crippen LogP contribution >= 0.6 is 0 Å². The molecule has 0 bridgehead atoms.